The van der Waals surface area contributed by atoms with Gasteiger partial charge in [0.2, 0.25) is 0 Å². The summed E-state index contributed by atoms with van der Waals surface area (Å²) in [7, 11) is 3.15. The number of hydrogen-bond acceptors (Lipinski definition) is 6. The number of methoxy groups -OCH3 is 2. The van der Waals surface area contributed by atoms with Crippen LogP contribution in [0.2, 0.25) is 0 Å². The van der Waals surface area contributed by atoms with Crippen molar-refractivity contribution in [3.63, 3.8) is 0 Å². The highest BCUT2D eigenvalue weighted by Gasteiger charge is 2.34. The van der Waals surface area contributed by atoms with E-state index in [1.165, 1.54) is 16.2 Å². The Morgan fingerprint density at radius 3 is 2.59 bits per heavy atom. The number of ether oxygens (including phenoxy) is 2. The number of amidine groups is 1. The molecule has 0 atom stereocenters. The number of benzene rings is 2. The molecule has 2 aromatic carbocycles. The predicted molar refractivity (Wildman–Crippen MR) is 118 cm³/mol. The molecule has 2 heterocycles. The summed E-state index contributed by atoms with van der Waals surface area (Å²) in [6.45, 7) is 0. The third kappa shape index (κ3) is 3.68. The molecule has 29 heavy (non-hydrogen) atoms. The number of anilines is 1. The molecule has 6 nitrogen and oxygen atoms in total. The molecule has 0 N–H and O–H groups in total. The van der Waals surface area contributed by atoms with Gasteiger partial charge in [0.15, 0.2) is 22.5 Å². The largest absolute Gasteiger partial charge is 0.493 e. The lowest BCUT2D eigenvalue weighted by Crippen LogP contribution is -2.32. The Labute approximate surface area is 180 Å². The number of nitrogens with zero attached hydrogens (tertiary/aromatic N) is 3. The highest BCUT2D eigenvalue weighted by atomic mass is 79.9. The molecule has 1 aliphatic rings. The third-order valence-electron chi connectivity index (χ3n) is 4.30. The number of hydrogen-bond donors (Lipinski definition) is 0. The lowest BCUT2D eigenvalue weighted by molar-refractivity contribution is -0.113. The Bertz CT molecular complexity index is 1130. The van der Waals surface area contributed by atoms with Crippen molar-refractivity contribution in [1.82, 2.24) is 4.98 Å². The van der Waals surface area contributed by atoms with Crippen LogP contribution in [0.25, 0.3) is 6.08 Å². The van der Waals surface area contributed by atoms with Gasteiger partial charge >= 0.3 is 0 Å². The predicted octanol–water partition coefficient (Wildman–Crippen LogP) is 4.76. The first kappa shape index (κ1) is 19.4. The molecule has 1 amide bonds. The number of rotatable bonds is 5. The van der Waals surface area contributed by atoms with Crippen molar-refractivity contribution in [2.45, 2.75) is 0 Å². The van der Waals surface area contributed by atoms with E-state index in [-0.39, 0.29) is 5.91 Å². The van der Waals surface area contributed by atoms with Gasteiger partial charge in [-0.25, -0.2) is 14.9 Å². The summed E-state index contributed by atoms with van der Waals surface area (Å²) in [6, 6.07) is 13.1. The van der Waals surface area contributed by atoms with E-state index in [0.29, 0.717) is 28.2 Å². The van der Waals surface area contributed by atoms with Crippen LogP contribution >= 0.6 is 27.3 Å². The van der Waals surface area contributed by atoms with Crippen molar-refractivity contribution in [1.29, 1.82) is 0 Å². The van der Waals surface area contributed by atoms with Crippen LogP contribution in [-0.2, 0) is 4.79 Å². The smallest absolute Gasteiger partial charge is 0.284 e. The minimum atomic E-state index is -0.236. The molecule has 0 unspecified atom stereocenters. The Kier molecular flexibility index (Phi) is 5.46. The zero-order valence-electron chi connectivity index (χ0n) is 15.6. The van der Waals surface area contributed by atoms with E-state index in [1.807, 2.05) is 35.7 Å². The molecule has 0 saturated carbocycles. The molecule has 1 aromatic heterocycles. The van der Waals surface area contributed by atoms with Crippen LogP contribution in [0, 0.1) is 0 Å². The van der Waals surface area contributed by atoms with Crippen LogP contribution < -0.4 is 14.4 Å². The summed E-state index contributed by atoms with van der Waals surface area (Å²) in [5, 5.41) is 2.40. The lowest BCUT2D eigenvalue weighted by Gasteiger charge is -2.15. The number of halogens is 1. The van der Waals surface area contributed by atoms with E-state index in [1.54, 1.807) is 38.6 Å². The van der Waals surface area contributed by atoms with Crippen LogP contribution in [0.3, 0.4) is 0 Å². The molecular formula is C21H16BrN3O3S. The maximum Gasteiger partial charge on any atom is 0.284 e. The zero-order chi connectivity index (χ0) is 20.4. The molecule has 8 heteroatoms. The number of thiazole rings is 1. The monoisotopic (exact) mass is 469 g/mol. The van der Waals surface area contributed by atoms with Crippen molar-refractivity contribution in [2.24, 2.45) is 4.99 Å². The van der Waals surface area contributed by atoms with Crippen LogP contribution in [0.1, 0.15) is 11.1 Å². The van der Waals surface area contributed by atoms with Gasteiger partial charge in [-0.1, -0.05) is 40.2 Å². The fourth-order valence-electron chi connectivity index (χ4n) is 2.94. The maximum absolute atomic E-state index is 13.2. The van der Waals surface area contributed by atoms with E-state index in [2.05, 4.69) is 25.9 Å². The van der Waals surface area contributed by atoms with Crippen LogP contribution in [0.4, 0.5) is 5.13 Å². The van der Waals surface area contributed by atoms with Crippen molar-refractivity contribution in [2.75, 3.05) is 19.1 Å². The highest BCUT2D eigenvalue weighted by molar-refractivity contribution is 9.10. The molecule has 0 bridgehead atoms. The zero-order valence-corrected chi connectivity index (χ0v) is 18.0. The van der Waals surface area contributed by atoms with E-state index in [0.717, 1.165) is 15.6 Å². The van der Waals surface area contributed by atoms with E-state index < -0.39 is 0 Å². The number of amides is 1. The van der Waals surface area contributed by atoms with Gasteiger partial charge in [-0.15, -0.1) is 11.3 Å². The molecule has 0 aliphatic carbocycles. The number of aliphatic imine (C=N–C) groups is 1. The van der Waals surface area contributed by atoms with Crippen LogP contribution in [0.5, 0.6) is 11.5 Å². The fourth-order valence-corrected chi connectivity index (χ4v) is 4.05. The first-order valence-electron chi connectivity index (χ1n) is 8.63. The molecular weight excluding hydrogens is 454 g/mol. The molecule has 1 aliphatic heterocycles. The summed E-state index contributed by atoms with van der Waals surface area (Å²) in [6.07, 6.45) is 3.40. The highest BCUT2D eigenvalue weighted by Crippen LogP contribution is 2.33. The summed E-state index contributed by atoms with van der Waals surface area (Å²) in [5.41, 5.74) is 1.91. The van der Waals surface area contributed by atoms with Gasteiger partial charge in [-0.3, -0.25) is 4.79 Å². The average molecular weight is 470 g/mol. The molecule has 0 fully saturated rings. The minimum absolute atomic E-state index is 0.236. The van der Waals surface area contributed by atoms with Gasteiger partial charge in [0.05, 0.1) is 14.2 Å². The van der Waals surface area contributed by atoms with Gasteiger partial charge in [-0.2, -0.15) is 0 Å². The van der Waals surface area contributed by atoms with E-state index in [9.17, 15) is 4.79 Å². The molecule has 0 radical (unpaired) electrons. The SMILES string of the molecule is COc1ccc(C=C2N=C(c3ccccc3Br)N(c3nccs3)C2=O)cc1OC. The Balaban J connectivity index is 1.81. The van der Waals surface area contributed by atoms with Crippen molar-refractivity contribution >= 4 is 50.2 Å². The first-order valence-corrected chi connectivity index (χ1v) is 10.3. The fraction of sp³-hybridized carbons (Fsp3) is 0.0952. The van der Waals surface area contributed by atoms with E-state index >= 15 is 0 Å². The van der Waals surface area contributed by atoms with Crippen LogP contribution in [0.15, 0.2) is 69.2 Å². The van der Waals surface area contributed by atoms with Crippen molar-refractivity contribution in [3.8, 4) is 11.5 Å². The summed E-state index contributed by atoms with van der Waals surface area (Å²) in [5.74, 6) is 1.50. The van der Waals surface area contributed by atoms with Gasteiger partial charge in [0.25, 0.3) is 5.91 Å². The molecule has 3 aromatic rings. The second-order valence-corrected chi connectivity index (χ2v) is 7.74. The van der Waals surface area contributed by atoms with Crippen molar-refractivity contribution in [3.05, 3.63) is 75.3 Å². The first-order chi connectivity index (χ1) is 14.1. The Morgan fingerprint density at radius 2 is 1.90 bits per heavy atom. The second-order valence-electron chi connectivity index (χ2n) is 6.01. The molecule has 0 spiro atoms. The van der Waals surface area contributed by atoms with Gasteiger partial charge in [0, 0.05) is 21.6 Å². The summed E-state index contributed by atoms with van der Waals surface area (Å²) in [4.78, 5) is 23.7. The normalized spacial score (nSPS) is 15.0. The summed E-state index contributed by atoms with van der Waals surface area (Å²) >= 11 is 4.93. The molecule has 4 rings (SSSR count). The second kappa shape index (κ2) is 8.18. The summed E-state index contributed by atoms with van der Waals surface area (Å²) < 4.78 is 11.5. The third-order valence-corrected chi connectivity index (χ3v) is 5.74. The minimum Gasteiger partial charge on any atom is -0.493 e. The molecule has 0 saturated heterocycles. The Hall–Kier alpha value is -2.97. The standard InChI is InChI=1S/C21H16BrN3O3S/c1-27-17-8-7-13(12-18(17)28-2)11-16-20(26)25(21-23-9-10-29-21)19(24-16)14-5-3-4-6-15(14)22/h3-12H,1-2H3. The van der Waals surface area contributed by atoms with Crippen LogP contribution in [-0.4, -0.2) is 30.9 Å². The quantitative estimate of drug-likeness (QED) is 0.505. The maximum atomic E-state index is 13.2. The van der Waals surface area contributed by atoms with Gasteiger partial charge in [0.1, 0.15) is 5.70 Å². The Morgan fingerprint density at radius 1 is 1.10 bits per heavy atom. The topological polar surface area (TPSA) is 64.0 Å². The van der Waals surface area contributed by atoms with Gasteiger partial charge in [-0.05, 0) is 29.8 Å². The van der Waals surface area contributed by atoms with Gasteiger partial charge < -0.3 is 9.47 Å². The lowest BCUT2D eigenvalue weighted by atomic mass is 10.1. The number of carbonyl (C=O) groups excluding carboxylic acids is 1. The van der Waals surface area contributed by atoms with E-state index in [4.69, 9.17) is 9.47 Å². The van der Waals surface area contributed by atoms with Crippen molar-refractivity contribution < 1.29 is 14.3 Å². The number of aromatic nitrogens is 1. The molecule has 146 valence electrons. The number of carbonyl (C=O) groups is 1. The average Bonchev–Trinajstić information content (AvgIpc) is 3.36.